The van der Waals surface area contributed by atoms with Gasteiger partial charge in [-0.25, -0.2) is 0 Å². The van der Waals surface area contributed by atoms with Crippen molar-refractivity contribution in [2.75, 3.05) is 23.3 Å². The second-order valence-electron chi connectivity index (χ2n) is 6.64. The summed E-state index contributed by atoms with van der Waals surface area (Å²) in [5, 5.41) is 19.8. The Morgan fingerprint density at radius 3 is 2.89 bits per heavy atom. The van der Waals surface area contributed by atoms with Gasteiger partial charge in [-0.15, -0.1) is 10.2 Å². The zero-order valence-electron chi connectivity index (χ0n) is 15.4. The molecule has 144 valence electrons. The van der Waals surface area contributed by atoms with Crippen LogP contribution in [0.2, 0.25) is 0 Å². The van der Waals surface area contributed by atoms with Crippen LogP contribution in [0.1, 0.15) is 17.5 Å². The van der Waals surface area contributed by atoms with Gasteiger partial charge >= 0.3 is 0 Å². The third kappa shape index (κ3) is 4.61. The Balaban J connectivity index is 1.28. The second-order valence-corrected chi connectivity index (χ2v) is 7.58. The first-order chi connectivity index (χ1) is 13.7. The predicted molar refractivity (Wildman–Crippen MR) is 107 cm³/mol. The van der Waals surface area contributed by atoms with Crippen molar-refractivity contribution in [2.24, 2.45) is 0 Å². The molecule has 1 N–H and O–H groups in total. The number of carbonyl (C=O) groups is 1. The van der Waals surface area contributed by atoms with Crippen LogP contribution in [0.4, 0.5) is 10.9 Å². The summed E-state index contributed by atoms with van der Waals surface area (Å²) in [5.41, 5.74) is 2.12. The Morgan fingerprint density at radius 1 is 1.25 bits per heavy atom. The van der Waals surface area contributed by atoms with E-state index in [9.17, 15) is 4.79 Å². The first-order valence-electron chi connectivity index (χ1n) is 9.04. The van der Waals surface area contributed by atoms with Crippen molar-refractivity contribution in [3.8, 4) is 5.19 Å². The van der Waals surface area contributed by atoms with Crippen molar-refractivity contribution >= 4 is 28.2 Å². The van der Waals surface area contributed by atoms with Gasteiger partial charge < -0.3 is 15.0 Å². The van der Waals surface area contributed by atoms with Gasteiger partial charge in [0.15, 0.2) is 5.82 Å². The summed E-state index contributed by atoms with van der Waals surface area (Å²) in [7, 11) is 0. The number of benzene rings is 1. The molecule has 1 unspecified atom stereocenters. The van der Waals surface area contributed by atoms with E-state index >= 15 is 0 Å². The maximum atomic E-state index is 12.2. The molecule has 0 bridgehead atoms. The number of aromatic nitrogens is 4. The molecule has 3 heterocycles. The summed E-state index contributed by atoms with van der Waals surface area (Å²) < 4.78 is 5.92. The highest BCUT2D eigenvalue weighted by Crippen LogP contribution is 2.26. The molecule has 1 amide bonds. The highest BCUT2D eigenvalue weighted by Gasteiger charge is 2.26. The number of hydrogen-bond donors (Lipinski definition) is 1. The van der Waals surface area contributed by atoms with E-state index in [0.29, 0.717) is 23.3 Å². The molecular formula is C19H20N6O2S. The number of nitrogens with one attached hydrogen (secondary N) is 1. The van der Waals surface area contributed by atoms with Crippen LogP contribution < -0.4 is 15.0 Å². The maximum Gasteiger partial charge on any atom is 0.296 e. The highest BCUT2D eigenvalue weighted by atomic mass is 32.1. The normalized spacial score (nSPS) is 16.2. The van der Waals surface area contributed by atoms with Gasteiger partial charge in [0.2, 0.25) is 11.0 Å². The Hall–Kier alpha value is -3.07. The van der Waals surface area contributed by atoms with E-state index in [1.165, 1.54) is 16.9 Å². The van der Waals surface area contributed by atoms with E-state index in [0.717, 1.165) is 24.3 Å². The quantitative estimate of drug-likeness (QED) is 0.684. The summed E-state index contributed by atoms with van der Waals surface area (Å²) >= 11 is 1.24. The third-order valence-electron chi connectivity index (χ3n) is 4.43. The highest BCUT2D eigenvalue weighted by molar-refractivity contribution is 7.17. The van der Waals surface area contributed by atoms with Crippen LogP contribution in [0.25, 0.3) is 0 Å². The molecule has 1 atom stereocenters. The van der Waals surface area contributed by atoms with Crippen LogP contribution in [0.3, 0.4) is 0 Å². The fourth-order valence-corrected chi connectivity index (χ4v) is 3.68. The molecule has 0 radical (unpaired) electrons. The van der Waals surface area contributed by atoms with Crippen molar-refractivity contribution < 1.29 is 9.53 Å². The van der Waals surface area contributed by atoms with Gasteiger partial charge in [0.05, 0.1) is 13.0 Å². The smallest absolute Gasteiger partial charge is 0.296 e. The molecule has 1 aliphatic rings. The van der Waals surface area contributed by atoms with Crippen molar-refractivity contribution in [3.63, 3.8) is 0 Å². The van der Waals surface area contributed by atoms with Crippen LogP contribution in [0.15, 0.2) is 42.6 Å². The van der Waals surface area contributed by atoms with Crippen LogP contribution in [0.5, 0.6) is 5.19 Å². The minimum Gasteiger partial charge on any atom is -0.464 e. The van der Waals surface area contributed by atoms with E-state index in [1.54, 1.807) is 6.20 Å². The van der Waals surface area contributed by atoms with Gasteiger partial charge in [0, 0.05) is 19.2 Å². The number of amides is 1. The number of ether oxygens (including phenoxy) is 1. The molecule has 1 aliphatic heterocycles. The van der Waals surface area contributed by atoms with Crippen molar-refractivity contribution in [1.29, 1.82) is 0 Å². The molecule has 1 saturated heterocycles. The first-order valence-corrected chi connectivity index (χ1v) is 9.85. The average molecular weight is 396 g/mol. The second kappa shape index (κ2) is 8.30. The summed E-state index contributed by atoms with van der Waals surface area (Å²) in [6, 6.07) is 11.7. The van der Waals surface area contributed by atoms with E-state index in [1.807, 2.05) is 43.3 Å². The van der Waals surface area contributed by atoms with Gasteiger partial charge in [-0.05, 0) is 36.0 Å². The lowest BCUT2D eigenvalue weighted by atomic mass is 10.1. The molecular weight excluding hydrogens is 376 g/mol. The summed E-state index contributed by atoms with van der Waals surface area (Å²) in [4.78, 5) is 14.3. The number of aryl methyl sites for hydroxylation is 1. The fourth-order valence-electron chi connectivity index (χ4n) is 3.00. The molecule has 1 fully saturated rings. The van der Waals surface area contributed by atoms with Crippen molar-refractivity contribution in [3.05, 3.63) is 53.7 Å². The Bertz CT molecular complexity index is 931. The molecule has 0 aliphatic carbocycles. The monoisotopic (exact) mass is 396 g/mol. The van der Waals surface area contributed by atoms with Gasteiger partial charge in [-0.1, -0.05) is 34.9 Å². The minimum atomic E-state index is -0.124. The molecule has 1 aromatic carbocycles. The largest absolute Gasteiger partial charge is 0.464 e. The van der Waals surface area contributed by atoms with Gasteiger partial charge in [-0.3, -0.25) is 4.79 Å². The molecule has 28 heavy (non-hydrogen) atoms. The number of carbonyl (C=O) groups excluding carboxylic acids is 1. The molecule has 8 nitrogen and oxygen atoms in total. The van der Waals surface area contributed by atoms with E-state index in [4.69, 9.17) is 4.74 Å². The lowest BCUT2D eigenvalue weighted by molar-refractivity contribution is -0.115. The van der Waals surface area contributed by atoms with Gasteiger partial charge in [0.1, 0.15) is 6.10 Å². The van der Waals surface area contributed by atoms with Crippen molar-refractivity contribution in [2.45, 2.75) is 25.9 Å². The maximum absolute atomic E-state index is 12.2. The fraction of sp³-hybridized carbons (Fsp3) is 0.316. The number of nitrogens with zero attached hydrogens (tertiary/aromatic N) is 5. The molecule has 3 aromatic rings. The minimum absolute atomic E-state index is 0.00562. The third-order valence-corrected chi connectivity index (χ3v) is 5.16. The van der Waals surface area contributed by atoms with Crippen LogP contribution in [-0.4, -0.2) is 45.5 Å². The van der Waals surface area contributed by atoms with Gasteiger partial charge in [-0.2, -0.15) is 5.10 Å². The molecule has 9 heteroatoms. The Labute approximate surface area is 166 Å². The van der Waals surface area contributed by atoms with Crippen LogP contribution in [0, 0.1) is 6.92 Å². The van der Waals surface area contributed by atoms with Crippen LogP contribution >= 0.6 is 11.3 Å². The van der Waals surface area contributed by atoms with E-state index in [2.05, 4.69) is 30.6 Å². The van der Waals surface area contributed by atoms with Crippen LogP contribution in [-0.2, 0) is 11.2 Å². The topological polar surface area (TPSA) is 93.1 Å². The average Bonchev–Trinajstić information content (AvgIpc) is 3.34. The number of hydrogen-bond acceptors (Lipinski definition) is 8. The first kappa shape index (κ1) is 18.3. The summed E-state index contributed by atoms with van der Waals surface area (Å²) in [6.45, 7) is 3.58. The Morgan fingerprint density at radius 2 is 2.11 bits per heavy atom. The SMILES string of the molecule is Cc1ccc(CC(=O)Nc2nnc(OC3CCN(c4cccnn4)C3)s2)cc1. The molecule has 0 spiro atoms. The molecule has 2 aromatic heterocycles. The molecule has 0 saturated carbocycles. The van der Waals surface area contributed by atoms with Crippen molar-refractivity contribution in [1.82, 2.24) is 20.4 Å². The number of anilines is 2. The number of rotatable bonds is 6. The molecule has 4 rings (SSSR count). The Kier molecular flexibility index (Phi) is 5.43. The van der Waals surface area contributed by atoms with E-state index < -0.39 is 0 Å². The van der Waals surface area contributed by atoms with E-state index in [-0.39, 0.29) is 12.0 Å². The standard InChI is InChI=1S/C19H20N6O2S/c1-13-4-6-14(7-5-13)11-17(26)21-18-23-24-19(28-18)27-15-8-10-25(12-15)16-3-2-9-20-22-16/h2-7,9,15H,8,10-12H2,1H3,(H,21,23,26). The lowest BCUT2D eigenvalue weighted by Gasteiger charge is -2.16. The summed E-state index contributed by atoms with van der Waals surface area (Å²) in [5.74, 6) is 0.719. The zero-order chi connectivity index (χ0) is 19.3. The zero-order valence-corrected chi connectivity index (χ0v) is 16.2. The summed E-state index contributed by atoms with van der Waals surface area (Å²) in [6.07, 6.45) is 2.83. The lowest BCUT2D eigenvalue weighted by Crippen LogP contribution is -2.25. The van der Waals surface area contributed by atoms with Gasteiger partial charge in [0.25, 0.3) is 5.19 Å². The predicted octanol–water partition coefficient (Wildman–Crippen LogP) is 2.48.